The van der Waals surface area contributed by atoms with Crippen LogP contribution in [0, 0.1) is 0 Å². The van der Waals surface area contributed by atoms with E-state index in [0.29, 0.717) is 6.54 Å². The van der Waals surface area contributed by atoms with Crippen LogP contribution in [0.3, 0.4) is 0 Å². The number of rotatable bonds is 5. The molecule has 2 amide bonds. The first kappa shape index (κ1) is 16.9. The molecule has 4 rings (SSSR count). The fourth-order valence-electron chi connectivity index (χ4n) is 3.37. The molecule has 4 aromatic rings. The molecule has 0 fully saturated rings. The third kappa shape index (κ3) is 3.85. The van der Waals surface area contributed by atoms with Gasteiger partial charge in [0.15, 0.2) is 0 Å². The van der Waals surface area contributed by atoms with Crippen molar-refractivity contribution in [3.05, 3.63) is 102 Å². The summed E-state index contributed by atoms with van der Waals surface area (Å²) in [6, 6.07) is 27.7. The Hall–Kier alpha value is -3.53. The van der Waals surface area contributed by atoms with Crippen LogP contribution in [0.15, 0.2) is 91.1 Å². The summed E-state index contributed by atoms with van der Waals surface area (Å²) in [6.07, 6.45) is 2.04. The number of carbonyl (C=O) groups is 1. The number of carbonyl (C=O) groups excluding carboxylic acids is 1. The number of anilines is 1. The predicted octanol–water partition coefficient (Wildman–Crippen LogP) is 5.12. The number of urea groups is 1. The summed E-state index contributed by atoms with van der Waals surface area (Å²) in [5.74, 6) is 0.0591. The Bertz CT molecular complexity index is 1030. The van der Waals surface area contributed by atoms with Gasteiger partial charge in [-0.05, 0) is 29.3 Å². The second-order valence-corrected chi connectivity index (χ2v) is 6.45. The minimum absolute atomic E-state index is 0.0591. The molecular formula is C23H21N3O. The zero-order valence-electron chi connectivity index (χ0n) is 14.9. The van der Waals surface area contributed by atoms with Gasteiger partial charge >= 0.3 is 6.03 Å². The Morgan fingerprint density at radius 1 is 0.852 bits per heavy atom. The summed E-state index contributed by atoms with van der Waals surface area (Å²) < 4.78 is 0. The van der Waals surface area contributed by atoms with Gasteiger partial charge in [-0.1, -0.05) is 66.7 Å². The van der Waals surface area contributed by atoms with Crippen molar-refractivity contribution in [2.24, 2.45) is 0 Å². The molecule has 1 heterocycles. The lowest BCUT2D eigenvalue weighted by Gasteiger charge is -2.18. The molecule has 0 radical (unpaired) electrons. The van der Waals surface area contributed by atoms with Crippen LogP contribution in [0.2, 0.25) is 0 Å². The fourth-order valence-corrected chi connectivity index (χ4v) is 3.37. The molecule has 3 N–H and O–H groups in total. The van der Waals surface area contributed by atoms with E-state index in [1.807, 2.05) is 66.9 Å². The molecule has 4 heteroatoms. The highest BCUT2D eigenvalue weighted by atomic mass is 16.2. The van der Waals surface area contributed by atoms with Crippen molar-refractivity contribution in [1.82, 2.24) is 10.3 Å². The van der Waals surface area contributed by atoms with E-state index in [1.165, 1.54) is 16.5 Å². The minimum Gasteiger partial charge on any atom is -0.361 e. The number of aromatic nitrogens is 1. The number of para-hydroxylation sites is 2. The summed E-state index contributed by atoms with van der Waals surface area (Å²) in [6.45, 7) is 0.504. The smallest absolute Gasteiger partial charge is 0.319 e. The van der Waals surface area contributed by atoms with Gasteiger partial charge in [0.2, 0.25) is 0 Å². The number of aromatic amines is 1. The predicted molar refractivity (Wildman–Crippen MR) is 110 cm³/mol. The van der Waals surface area contributed by atoms with E-state index in [9.17, 15) is 4.79 Å². The standard InChI is InChI=1S/C23H21N3O/c27-23(26-18-11-5-2-6-12-18)25-15-20(17-9-3-1-4-10-17)21-16-24-22-14-8-7-13-19(21)22/h1-14,16,20,24H,15H2,(H2,25,26,27)/t20-/m0/s1. The van der Waals surface area contributed by atoms with Gasteiger partial charge in [0.1, 0.15) is 0 Å². The molecule has 134 valence electrons. The van der Waals surface area contributed by atoms with Crippen LogP contribution in [0.4, 0.5) is 10.5 Å². The van der Waals surface area contributed by atoms with E-state index >= 15 is 0 Å². The lowest BCUT2D eigenvalue weighted by atomic mass is 9.91. The summed E-state index contributed by atoms with van der Waals surface area (Å²) in [5, 5.41) is 7.07. The Labute approximate surface area is 158 Å². The third-order valence-electron chi connectivity index (χ3n) is 4.70. The second-order valence-electron chi connectivity index (χ2n) is 6.45. The van der Waals surface area contributed by atoms with E-state index in [2.05, 4.69) is 39.9 Å². The van der Waals surface area contributed by atoms with Crippen LogP contribution in [0.5, 0.6) is 0 Å². The van der Waals surface area contributed by atoms with Gasteiger partial charge in [-0.2, -0.15) is 0 Å². The molecule has 0 saturated heterocycles. The molecule has 0 aliphatic heterocycles. The number of nitrogens with one attached hydrogen (secondary N) is 3. The average Bonchev–Trinajstić information content (AvgIpc) is 3.14. The highest BCUT2D eigenvalue weighted by Gasteiger charge is 2.18. The molecule has 0 spiro atoms. The normalized spacial score (nSPS) is 11.9. The number of amides is 2. The Morgan fingerprint density at radius 3 is 2.30 bits per heavy atom. The molecule has 0 aliphatic carbocycles. The zero-order valence-corrected chi connectivity index (χ0v) is 14.9. The summed E-state index contributed by atoms with van der Waals surface area (Å²) >= 11 is 0. The summed E-state index contributed by atoms with van der Waals surface area (Å²) in [4.78, 5) is 15.7. The number of benzene rings is 3. The number of fused-ring (bicyclic) bond motifs is 1. The Morgan fingerprint density at radius 2 is 1.52 bits per heavy atom. The van der Waals surface area contributed by atoms with Gasteiger partial charge in [-0.3, -0.25) is 0 Å². The van der Waals surface area contributed by atoms with Crippen molar-refractivity contribution in [1.29, 1.82) is 0 Å². The first-order valence-electron chi connectivity index (χ1n) is 9.02. The molecule has 3 aromatic carbocycles. The molecule has 0 unspecified atom stereocenters. The molecule has 0 saturated carbocycles. The number of hydrogen-bond acceptors (Lipinski definition) is 1. The molecule has 4 nitrogen and oxygen atoms in total. The third-order valence-corrected chi connectivity index (χ3v) is 4.70. The minimum atomic E-state index is -0.207. The lowest BCUT2D eigenvalue weighted by Crippen LogP contribution is -2.32. The summed E-state index contributed by atoms with van der Waals surface area (Å²) in [5.41, 5.74) is 4.22. The maximum atomic E-state index is 12.4. The van der Waals surface area contributed by atoms with Crippen molar-refractivity contribution in [3.63, 3.8) is 0 Å². The van der Waals surface area contributed by atoms with E-state index in [-0.39, 0.29) is 11.9 Å². The maximum Gasteiger partial charge on any atom is 0.319 e. The fraction of sp³-hybridized carbons (Fsp3) is 0.0870. The van der Waals surface area contributed by atoms with Gasteiger partial charge in [0.25, 0.3) is 0 Å². The van der Waals surface area contributed by atoms with Crippen LogP contribution in [0.25, 0.3) is 10.9 Å². The molecular weight excluding hydrogens is 334 g/mol. The molecule has 0 aliphatic rings. The van der Waals surface area contributed by atoms with Crippen molar-refractivity contribution in [3.8, 4) is 0 Å². The quantitative estimate of drug-likeness (QED) is 0.457. The molecule has 1 atom stereocenters. The van der Waals surface area contributed by atoms with E-state index in [1.54, 1.807) is 0 Å². The monoisotopic (exact) mass is 355 g/mol. The van der Waals surface area contributed by atoms with E-state index < -0.39 is 0 Å². The first-order chi connectivity index (χ1) is 13.3. The number of H-pyrrole nitrogens is 1. The SMILES string of the molecule is O=C(NC[C@@H](c1ccccc1)c1c[nH]c2ccccc12)Nc1ccccc1. The lowest BCUT2D eigenvalue weighted by molar-refractivity contribution is 0.252. The summed E-state index contributed by atoms with van der Waals surface area (Å²) in [7, 11) is 0. The van der Waals surface area contributed by atoms with Crippen LogP contribution in [-0.2, 0) is 0 Å². The van der Waals surface area contributed by atoms with E-state index in [4.69, 9.17) is 0 Å². The highest BCUT2D eigenvalue weighted by Crippen LogP contribution is 2.30. The van der Waals surface area contributed by atoms with E-state index in [0.717, 1.165) is 11.2 Å². The number of hydrogen-bond donors (Lipinski definition) is 3. The topological polar surface area (TPSA) is 56.9 Å². The average molecular weight is 355 g/mol. The van der Waals surface area contributed by atoms with Crippen LogP contribution >= 0.6 is 0 Å². The van der Waals surface area contributed by atoms with Crippen molar-refractivity contribution < 1.29 is 4.79 Å². The Balaban J connectivity index is 1.57. The largest absolute Gasteiger partial charge is 0.361 e. The van der Waals surface area contributed by atoms with Crippen molar-refractivity contribution in [2.45, 2.75) is 5.92 Å². The molecule has 27 heavy (non-hydrogen) atoms. The van der Waals surface area contributed by atoms with Gasteiger partial charge in [-0.15, -0.1) is 0 Å². The van der Waals surface area contributed by atoms with Crippen molar-refractivity contribution in [2.75, 3.05) is 11.9 Å². The van der Waals surface area contributed by atoms with Gasteiger partial charge in [0.05, 0.1) is 0 Å². The van der Waals surface area contributed by atoms with Crippen molar-refractivity contribution >= 4 is 22.6 Å². The maximum absolute atomic E-state index is 12.4. The molecule has 0 bridgehead atoms. The van der Waals surface area contributed by atoms with Gasteiger partial charge in [0, 0.05) is 35.2 Å². The second kappa shape index (κ2) is 7.79. The highest BCUT2D eigenvalue weighted by molar-refractivity contribution is 5.89. The van der Waals surface area contributed by atoms with Crippen LogP contribution in [0.1, 0.15) is 17.0 Å². The van der Waals surface area contributed by atoms with Crippen LogP contribution < -0.4 is 10.6 Å². The first-order valence-corrected chi connectivity index (χ1v) is 9.02. The molecule has 1 aromatic heterocycles. The zero-order chi connectivity index (χ0) is 18.5. The van der Waals surface area contributed by atoms with Crippen LogP contribution in [-0.4, -0.2) is 17.6 Å². The van der Waals surface area contributed by atoms with Gasteiger partial charge in [-0.25, -0.2) is 4.79 Å². The Kier molecular flexibility index (Phi) is 4.88. The van der Waals surface area contributed by atoms with Gasteiger partial charge < -0.3 is 15.6 Å².